The standard InChI is InChI=1S/C17H27N/c1-13-5-9-15(10-6-13)18-16-11-7-14(8-12-16)17(2,3)4/h7-8,11-13,15,18H,5-6,9-10H2,1-4H3. The average Bonchev–Trinajstić information content (AvgIpc) is 2.32. The zero-order valence-corrected chi connectivity index (χ0v) is 12.3. The molecular formula is C17H27N. The first-order valence-corrected chi connectivity index (χ1v) is 7.32. The third kappa shape index (κ3) is 3.51. The van der Waals surface area contributed by atoms with E-state index in [1.165, 1.54) is 36.9 Å². The molecule has 1 aliphatic carbocycles. The van der Waals surface area contributed by atoms with Gasteiger partial charge in [0.15, 0.2) is 0 Å². The topological polar surface area (TPSA) is 12.0 Å². The minimum Gasteiger partial charge on any atom is -0.382 e. The molecule has 0 atom stereocenters. The quantitative estimate of drug-likeness (QED) is 0.775. The lowest BCUT2D eigenvalue weighted by Crippen LogP contribution is -2.25. The molecule has 1 nitrogen and oxygen atoms in total. The molecule has 100 valence electrons. The van der Waals surface area contributed by atoms with Crippen molar-refractivity contribution in [2.75, 3.05) is 5.32 Å². The SMILES string of the molecule is CC1CCC(Nc2ccc(C(C)(C)C)cc2)CC1. The largest absolute Gasteiger partial charge is 0.382 e. The Hall–Kier alpha value is -0.980. The van der Waals surface area contributed by atoms with E-state index in [1.807, 2.05) is 0 Å². The van der Waals surface area contributed by atoms with E-state index in [9.17, 15) is 0 Å². The molecule has 1 fully saturated rings. The van der Waals surface area contributed by atoms with Gasteiger partial charge >= 0.3 is 0 Å². The Morgan fingerprint density at radius 2 is 1.50 bits per heavy atom. The smallest absolute Gasteiger partial charge is 0.0342 e. The summed E-state index contributed by atoms with van der Waals surface area (Å²) in [6, 6.07) is 9.67. The van der Waals surface area contributed by atoms with Crippen LogP contribution in [0.1, 0.15) is 58.9 Å². The first kappa shape index (κ1) is 13.5. The highest BCUT2D eigenvalue weighted by atomic mass is 14.9. The molecule has 0 saturated heterocycles. The second-order valence-corrected chi connectivity index (χ2v) is 6.93. The van der Waals surface area contributed by atoms with Crippen molar-refractivity contribution in [1.82, 2.24) is 0 Å². The van der Waals surface area contributed by atoms with Gasteiger partial charge in [-0.05, 0) is 54.7 Å². The molecule has 0 spiro atoms. The van der Waals surface area contributed by atoms with Crippen LogP contribution in [0.2, 0.25) is 0 Å². The van der Waals surface area contributed by atoms with Crippen LogP contribution in [0.15, 0.2) is 24.3 Å². The van der Waals surface area contributed by atoms with Gasteiger partial charge in [0.05, 0.1) is 0 Å². The summed E-state index contributed by atoms with van der Waals surface area (Å²) in [6.45, 7) is 9.15. The average molecular weight is 245 g/mol. The van der Waals surface area contributed by atoms with Gasteiger partial charge < -0.3 is 5.32 Å². The summed E-state index contributed by atoms with van der Waals surface area (Å²) in [5.74, 6) is 0.923. The van der Waals surface area contributed by atoms with Crippen LogP contribution in [0.4, 0.5) is 5.69 Å². The monoisotopic (exact) mass is 245 g/mol. The molecule has 0 amide bonds. The zero-order valence-electron chi connectivity index (χ0n) is 12.3. The Bertz CT molecular complexity index is 364. The lowest BCUT2D eigenvalue weighted by molar-refractivity contribution is 0.361. The molecule has 0 aliphatic heterocycles. The van der Waals surface area contributed by atoms with Crippen LogP contribution in [0.3, 0.4) is 0 Å². The third-order valence-corrected chi connectivity index (χ3v) is 4.14. The molecule has 1 aromatic carbocycles. The summed E-state index contributed by atoms with van der Waals surface area (Å²) in [5, 5.41) is 3.68. The minimum atomic E-state index is 0.249. The van der Waals surface area contributed by atoms with Crippen molar-refractivity contribution in [3.63, 3.8) is 0 Å². The van der Waals surface area contributed by atoms with Gasteiger partial charge in [0.25, 0.3) is 0 Å². The van der Waals surface area contributed by atoms with Gasteiger partial charge in [-0.2, -0.15) is 0 Å². The second kappa shape index (κ2) is 5.34. The van der Waals surface area contributed by atoms with Crippen LogP contribution in [0, 0.1) is 5.92 Å². The van der Waals surface area contributed by atoms with Gasteiger partial charge in [0.1, 0.15) is 0 Å². The second-order valence-electron chi connectivity index (χ2n) is 6.93. The molecule has 1 aliphatic rings. The molecule has 1 aromatic rings. The van der Waals surface area contributed by atoms with Crippen LogP contribution in [-0.2, 0) is 5.41 Å². The van der Waals surface area contributed by atoms with Crippen molar-refractivity contribution >= 4 is 5.69 Å². The molecule has 0 heterocycles. The molecular weight excluding hydrogens is 218 g/mol. The van der Waals surface area contributed by atoms with Crippen molar-refractivity contribution in [3.8, 4) is 0 Å². The van der Waals surface area contributed by atoms with E-state index in [1.54, 1.807) is 0 Å². The Morgan fingerprint density at radius 1 is 0.944 bits per heavy atom. The fourth-order valence-corrected chi connectivity index (χ4v) is 2.71. The molecule has 1 saturated carbocycles. The zero-order chi connectivity index (χ0) is 13.2. The van der Waals surface area contributed by atoms with Crippen molar-refractivity contribution < 1.29 is 0 Å². The number of nitrogens with one attached hydrogen (secondary N) is 1. The van der Waals surface area contributed by atoms with E-state index in [-0.39, 0.29) is 5.41 Å². The van der Waals surface area contributed by atoms with Gasteiger partial charge in [0.2, 0.25) is 0 Å². The van der Waals surface area contributed by atoms with E-state index >= 15 is 0 Å². The van der Waals surface area contributed by atoms with Gasteiger partial charge in [-0.3, -0.25) is 0 Å². The van der Waals surface area contributed by atoms with Gasteiger partial charge in [-0.25, -0.2) is 0 Å². The lowest BCUT2D eigenvalue weighted by atomic mass is 9.86. The van der Waals surface area contributed by atoms with E-state index in [4.69, 9.17) is 0 Å². The fraction of sp³-hybridized carbons (Fsp3) is 0.647. The van der Waals surface area contributed by atoms with Crippen LogP contribution in [0.25, 0.3) is 0 Å². The summed E-state index contributed by atoms with van der Waals surface area (Å²) in [5.41, 5.74) is 2.94. The number of rotatable bonds is 2. The van der Waals surface area contributed by atoms with Crippen molar-refractivity contribution in [2.24, 2.45) is 5.92 Å². The Balaban J connectivity index is 1.94. The van der Waals surface area contributed by atoms with Crippen molar-refractivity contribution in [3.05, 3.63) is 29.8 Å². The van der Waals surface area contributed by atoms with E-state index in [0.717, 1.165) is 5.92 Å². The van der Waals surface area contributed by atoms with E-state index in [2.05, 4.69) is 57.3 Å². The number of benzene rings is 1. The van der Waals surface area contributed by atoms with Crippen LogP contribution in [0.5, 0.6) is 0 Å². The van der Waals surface area contributed by atoms with Crippen LogP contribution >= 0.6 is 0 Å². The predicted octanol–water partition coefficient (Wildman–Crippen LogP) is 4.97. The molecule has 0 unspecified atom stereocenters. The van der Waals surface area contributed by atoms with E-state index in [0.29, 0.717) is 6.04 Å². The molecule has 18 heavy (non-hydrogen) atoms. The fourth-order valence-electron chi connectivity index (χ4n) is 2.71. The summed E-state index contributed by atoms with van der Waals surface area (Å²) in [7, 11) is 0. The van der Waals surface area contributed by atoms with Gasteiger partial charge in [-0.1, -0.05) is 39.8 Å². The Labute approximate surface area is 112 Å². The van der Waals surface area contributed by atoms with Crippen LogP contribution < -0.4 is 5.32 Å². The summed E-state index contributed by atoms with van der Waals surface area (Å²) >= 11 is 0. The predicted molar refractivity (Wildman–Crippen MR) is 80.2 cm³/mol. The maximum atomic E-state index is 3.68. The molecule has 1 heteroatoms. The van der Waals surface area contributed by atoms with Crippen LogP contribution in [-0.4, -0.2) is 6.04 Å². The summed E-state index contributed by atoms with van der Waals surface area (Å²) < 4.78 is 0. The van der Waals surface area contributed by atoms with E-state index < -0.39 is 0 Å². The molecule has 2 rings (SSSR count). The maximum Gasteiger partial charge on any atom is 0.0342 e. The van der Waals surface area contributed by atoms with Gasteiger partial charge in [0, 0.05) is 11.7 Å². The third-order valence-electron chi connectivity index (χ3n) is 4.14. The normalized spacial score (nSPS) is 24.9. The minimum absolute atomic E-state index is 0.249. The number of hydrogen-bond acceptors (Lipinski definition) is 1. The van der Waals surface area contributed by atoms with Gasteiger partial charge in [-0.15, -0.1) is 0 Å². The number of anilines is 1. The lowest BCUT2D eigenvalue weighted by Gasteiger charge is -2.28. The molecule has 0 aromatic heterocycles. The Kier molecular flexibility index (Phi) is 3.99. The summed E-state index contributed by atoms with van der Waals surface area (Å²) in [6.07, 6.45) is 5.39. The highest BCUT2D eigenvalue weighted by Gasteiger charge is 2.18. The molecule has 1 N–H and O–H groups in total. The number of hydrogen-bond donors (Lipinski definition) is 1. The first-order valence-electron chi connectivity index (χ1n) is 7.32. The highest BCUT2D eigenvalue weighted by Crippen LogP contribution is 2.27. The highest BCUT2D eigenvalue weighted by molar-refractivity contribution is 5.46. The van der Waals surface area contributed by atoms with Crippen molar-refractivity contribution in [2.45, 2.75) is 64.8 Å². The van der Waals surface area contributed by atoms with Crippen molar-refractivity contribution in [1.29, 1.82) is 0 Å². The Morgan fingerprint density at radius 3 is 2.00 bits per heavy atom. The maximum absolute atomic E-state index is 3.68. The summed E-state index contributed by atoms with van der Waals surface area (Å²) in [4.78, 5) is 0. The molecule has 0 bridgehead atoms. The first-order chi connectivity index (χ1) is 8.45. The molecule has 0 radical (unpaired) electrons.